The van der Waals surface area contributed by atoms with E-state index in [2.05, 4.69) is 87.9 Å². The molecule has 0 atom stereocenters. The van der Waals surface area contributed by atoms with Crippen LogP contribution in [0.4, 0.5) is 0 Å². The molecule has 0 fully saturated rings. The summed E-state index contributed by atoms with van der Waals surface area (Å²) in [5.74, 6) is 1.21. The fourth-order valence-corrected chi connectivity index (χ4v) is 3.19. The summed E-state index contributed by atoms with van der Waals surface area (Å²) in [5, 5.41) is 9.28. The van der Waals surface area contributed by atoms with E-state index in [9.17, 15) is 0 Å². The summed E-state index contributed by atoms with van der Waals surface area (Å²) in [6, 6.07) is 3.78. The molecule has 0 aromatic carbocycles. The first-order chi connectivity index (χ1) is 15.4. The largest absolute Gasteiger partial charge is 2.00 e. The maximum atomic E-state index is 4.83. The number of hydrogen-bond acceptors (Lipinski definition) is 6. The van der Waals surface area contributed by atoms with Crippen molar-refractivity contribution in [3.63, 3.8) is 0 Å². The fraction of sp³-hybridized carbons (Fsp3) is 0.440. The summed E-state index contributed by atoms with van der Waals surface area (Å²) < 4.78 is 3.28. The van der Waals surface area contributed by atoms with Gasteiger partial charge in [0, 0.05) is 30.2 Å². The SMILES string of the molecule is CC(C)(C)c1c[c-]n(-c2cncc(C(C)(C)c3cncc(-n4[c-]cc(C(C)(C)C)n4)n3)n2)n1.[Pd+2]. The molecule has 0 aliphatic carbocycles. The number of rotatable bonds is 4. The molecular formula is C25H30N8Pd. The standard InChI is InChI=1S/C25H30N8.Pd/c1-23(2,3)17-9-11-32(30-17)21-15-26-13-19(28-21)25(7,8)20-14-27-16-22(29-20)33-12-10-18(31-33)24(4,5)6;/h9-10,13-16H,1-8H3;/q-2;+2. The molecule has 34 heavy (non-hydrogen) atoms. The van der Waals surface area contributed by atoms with Gasteiger partial charge in [0.2, 0.25) is 0 Å². The van der Waals surface area contributed by atoms with Gasteiger partial charge >= 0.3 is 20.4 Å². The van der Waals surface area contributed by atoms with Crippen molar-refractivity contribution in [1.29, 1.82) is 0 Å². The Morgan fingerprint density at radius 2 is 0.971 bits per heavy atom. The Hall–Kier alpha value is -2.76. The van der Waals surface area contributed by atoms with Gasteiger partial charge in [0.25, 0.3) is 0 Å². The molecule has 8 nitrogen and oxygen atoms in total. The Labute approximate surface area is 214 Å². The van der Waals surface area contributed by atoms with E-state index in [-0.39, 0.29) is 31.3 Å². The predicted molar refractivity (Wildman–Crippen MR) is 126 cm³/mol. The van der Waals surface area contributed by atoms with Crippen molar-refractivity contribution in [3.05, 3.63) is 72.1 Å². The zero-order chi connectivity index (χ0) is 24.0. The topological polar surface area (TPSA) is 87.2 Å². The van der Waals surface area contributed by atoms with Crippen molar-refractivity contribution < 1.29 is 20.4 Å². The maximum absolute atomic E-state index is 4.83. The van der Waals surface area contributed by atoms with E-state index in [1.807, 2.05) is 12.1 Å². The fourth-order valence-electron chi connectivity index (χ4n) is 3.19. The van der Waals surface area contributed by atoms with Gasteiger partial charge in [-0.2, -0.15) is 0 Å². The van der Waals surface area contributed by atoms with Gasteiger partial charge in [0.1, 0.15) is 0 Å². The van der Waals surface area contributed by atoms with Crippen molar-refractivity contribution in [2.45, 2.75) is 71.6 Å². The van der Waals surface area contributed by atoms with Crippen molar-refractivity contribution in [2.24, 2.45) is 0 Å². The van der Waals surface area contributed by atoms with Crippen LogP contribution in [-0.2, 0) is 36.7 Å². The zero-order valence-electron chi connectivity index (χ0n) is 20.9. The van der Waals surface area contributed by atoms with Gasteiger partial charge in [-0.1, -0.05) is 53.9 Å². The molecule has 0 bridgehead atoms. The second-order valence-corrected chi connectivity index (χ2v) is 10.8. The van der Waals surface area contributed by atoms with Gasteiger partial charge in [-0.05, 0) is 36.1 Å². The minimum absolute atomic E-state index is 0. The van der Waals surface area contributed by atoms with Crippen molar-refractivity contribution in [1.82, 2.24) is 39.5 Å². The molecule has 4 aromatic rings. The molecule has 4 heterocycles. The Morgan fingerprint density at radius 3 is 1.29 bits per heavy atom. The summed E-state index contributed by atoms with van der Waals surface area (Å²) in [5.41, 5.74) is 2.71. The van der Waals surface area contributed by atoms with Gasteiger partial charge in [-0.15, -0.1) is 12.1 Å². The third-order valence-corrected chi connectivity index (χ3v) is 5.56. The minimum Gasteiger partial charge on any atom is -0.342 e. The van der Waals surface area contributed by atoms with Crippen LogP contribution < -0.4 is 0 Å². The van der Waals surface area contributed by atoms with Crippen LogP contribution in [0.3, 0.4) is 0 Å². The second-order valence-electron chi connectivity index (χ2n) is 10.8. The van der Waals surface area contributed by atoms with Crippen LogP contribution in [0.1, 0.15) is 78.2 Å². The van der Waals surface area contributed by atoms with Gasteiger partial charge in [0.05, 0.1) is 23.0 Å². The van der Waals surface area contributed by atoms with E-state index in [1.54, 1.807) is 34.2 Å². The molecular weight excluding hydrogens is 519 g/mol. The Balaban J connectivity index is 0.00000324. The van der Waals surface area contributed by atoms with Gasteiger partial charge in [-0.3, -0.25) is 30.1 Å². The predicted octanol–water partition coefficient (Wildman–Crippen LogP) is 4.16. The molecule has 0 unspecified atom stereocenters. The molecule has 0 saturated heterocycles. The van der Waals surface area contributed by atoms with Gasteiger partial charge in [0.15, 0.2) is 0 Å². The molecule has 0 aliphatic rings. The van der Waals surface area contributed by atoms with Crippen LogP contribution in [0.5, 0.6) is 0 Å². The third-order valence-electron chi connectivity index (χ3n) is 5.56. The first-order valence-corrected chi connectivity index (χ1v) is 11.0. The van der Waals surface area contributed by atoms with Crippen LogP contribution in [-0.4, -0.2) is 39.5 Å². The maximum Gasteiger partial charge on any atom is 2.00 e. The van der Waals surface area contributed by atoms with Crippen LogP contribution >= 0.6 is 0 Å². The number of aromatic nitrogens is 8. The minimum atomic E-state index is -0.550. The van der Waals surface area contributed by atoms with Gasteiger partial charge in [-0.25, -0.2) is 0 Å². The molecule has 0 radical (unpaired) electrons. The summed E-state index contributed by atoms with van der Waals surface area (Å²) in [6.07, 6.45) is 13.2. The molecule has 0 spiro atoms. The molecule has 0 saturated carbocycles. The quantitative estimate of drug-likeness (QED) is 0.281. The van der Waals surface area contributed by atoms with Crippen LogP contribution in [0.25, 0.3) is 11.6 Å². The Bertz CT molecular complexity index is 1180. The van der Waals surface area contributed by atoms with E-state index in [0.29, 0.717) is 11.6 Å². The van der Waals surface area contributed by atoms with E-state index >= 15 is 0 Å². The summed E-state index contributed by atoms with van der Waals surface area (Å²) in [4.78, 5) is 18.5. The van der Waals surface area contributed by atoms with Crippen LogP contribution in [0.2, 0.25) is 0 Å². The average Bonchev–Trinajstić information content (AvgIpc) is 3.44. The van der Waals surface area contributed by atoms with E-state index in [0.717, 1.165) is 22.8 Å². The first kappa shape index (κ1) is 25.9. The van der Waals surface area contributed by atoms with E-state index in [4.69, 9.17) is 9.97 Å². The normalized spacial score (nSPS) is 12.5. The van der Waals surface area contributed by atoms with Crippen LogP contribution in [0.15, 0.2) is 36.9 Å². The summed E-state index contributed by atoms with van der Waals surface area (Å²) >= 11 is 0. The molecule has 9 heteroatoms. The number of hydrogen-bond donors (Lipinski definition) is 0. The molecule has 0 N–H and O–H groups in total. The Kier molecular flexibility index (Phi) is 6.94. The van der Waals surface area contributed by atoms with Crippen molar-refractivity contribution in [3.8, 4) is 11.6 Å². The molecule has 180 valence electrons. The molecule has 0 amide bonds. The summed E-state index contributed by atoms with van der Waals surface area (Å²) in [7, 11) is 0. The second kappa shape index (κ2) is 9.12. The van der Waals surface area contributed by atoms with E-state index < -0.39 is 5.41 Å². The van der Waals surface area contributed by atoms with E-state index in [1.165, 1.54) is 0 Å². The van der Waals surface area contributed by atoms with Crippen LogP contribution in [0, 0.1) is 12.4 Å². The van der Waals surface area contributed by atoms with Gasteiger partial charge < -0.3 is 9.36 Å². The third kappa shape index (κ3) is 5.16. The molecule has 4 rings (SSSR count). The number of nitrogens with zero attached hydrogens (tertiary/aromatic N) is 8. The average molecular weight is 549 g/mol. The van der Waals surface area contributed by atoms with Crippen molar-refractivity contribution >= 4 is 0 Å². The Morgan fingerprint density at radius 1 is 0.588 bits per heavy atom. The monoisotopic (exact) mass is 548 g/mol. The molecule has 0 aliphatic heterocycles. The zero-order valence-corrected chi connectivity index (χ0v) is 22.4. The molecule has 4 aromatic heterocycles. The van der Waals surface area contributed by atoms with Crippen molar-refractivity contribution in [2.75, 3.05) is 0 Å². The smallest absolute Gasteiger partial charge is 0.342 e. The first-order valence-electron chi connectivity index (χ1n) is 11.0. The summed E-state index contributed by atoms with van der Waals surface area (Å²) in [6.45, 7) is 16.8.